The lowest BCUT2D eigenvalue weighted by Crippen LogP contribution is -2.35. The highest BCUT2D eigenvalue weighted by Crippen LogP contribution is 2.19. The molecule has 6 heteroatoms. The average Bonchev–Trinajstić information content (AvgIpc) is 2.87. The molecule has 1 fully saturated rings. The Morgan fingerprint density at radius 2 is 1.58 bits per heavy atom. The van der Waals surface area contributed by atoms with Crippen LogP contribution in [0.1, 0.15) is 35.2 Å². The van der Waals surface area contributed by atoms with Crippen LogP contribution in [0.3, 0.4) is 0 Å². The van der Waals surface area contributed by atoms with Gasteiger partial charge in [0.25, 0.3) is 5.91 Å². The normalized spacial score (nSPS) is 13.3. The van der Waals surface area contributed by atoms with Gasteiger partial charge in [-0.2, -0.15) is 0 Å². The summed E-state index contributed by atoms with van der Waals surface area (Å²) in [4.78, 5) is 27.1. The summed E-state index contributed by atoms with van der Waals surface area (Å²) in [7, 11) is 0. The molecule has 170 valence electrons. The number of piperidine rings is 1. The van der Waals surface area contributed by atoms with Gasteiger partial charge in [0.1, 0.15) is 12.4 Å². The molecule has 0 aromatic heterocycles. The Morgan fingerprint density at radius 1 is 0.818 bits per heavy atom. The van der Waals surface area contributed by atoms with Gasteiger partial charge in [0.2, 0.25) is 5.91 Å². The molecule has 0 atom stereocenters. The van der Waals surface area contributed by atoms with E-state index in [2.05, 4.69) is 10.6 Å². The average molecular weight is 444 g/mol. The van der Waals surface area contributed by atoms with E-state index in [1.165, 1.54) is 6.42 Å². The summed E-state index contributed by atoms with van der Waals surface area (Å²) >= 11 is 0. The minimum atomic E-state index is -0.187. The molecule has 0 spiro atoms. The Labute approximate surface area is 194 Å². The molecule has 4 rings (SSSR count). The lowest BCUT2D eigenvalue weighted by molar-refractivity contribution is -0.114. The van der Waals surface area contributed by atoms with E-state index < -0.39 is 0 Å². The van der Waals surface area contributed by atoms with E-state index in [0.717, 1.165) is 42.9 Å². The highest BCUT2D eigenvalue weighted by molar-refractivity contribution is 5.98. The van der Waals surface area contributed by atoms with Crippen LogP contribution in [0, 0.1) is 0 Å². The quantitative estimate of drug-likeness (QED) is 0.517. The second kappa shape index (κ2) is 11.2. The number of hydrogen-bond acceptors (Lipinski definition) is 4. The monoisotopic (exact) mass is 443 g/mol. The fraction of sp³-hybridized carbons (Fsp3) is 0.259. The first kappa shape index (κ1) is 22.4. The SMILES string of the molecule is O=C(CNc1cccc(OCc2ccccc2)c1)Nc1cccc(C(=O)N2CCCCC2)c1. The molecular weight excluding hydrogens is 414 g/mol. The highest BCUT2D eigenvalue weighted by atomic mass is 16.5. The van der Waals surface area contributed by atoms with Crippen LogP contribution in [-0.4, -0.2) is 36.3 Å². The molecule has 1 heterocycles. The number of nitrogens with one attached hydrogen (secondary N) is 2. The minimum Gasteiger partial charge on any atom is -0.489 e. The predicted molar refractivity (Wildman–Crippen MR) is 131 cm³/mol. The van der Waals surface area contributed by atoms with Gasteiger partial charge in [-0.15, -0.1) is 0 Å². The number of hydrogen-bond donors (Lipinski definition) is 2. The third-order valence-corrected chi connectivity index (χ3v) is 5.57. The molecule has 6 nitrogen and oxygen atoms in total. The summed E-state index contributed by atoms with van der Waals surface area (Å²) in [6.07, 6.45) is 3.27. The van der Waals surface area contributed by atoms with E-state index in [1.807, 2.05) is 59.5 Å². The topological polar surface area (TPSA) is 70.7 Å². The van der Waals surface area contributed by atoms with Crippen molar-refractivity contribution in [2.24, 2.45) is 0 Å². The maximum absolute atomic E-state index is 12.7. The van der Waals surface area contributed by atoms with E-state index in [-0.39, 0.29) is 18.4 Å². The molecule has 33 heavy (non-hydrogen) atoms. The summed E-state index contributed by atoms with van der Waals surface area (Å²) in [6, 6.07) is 24.6. The largest absolute Gasteiger partial charge is 0.489 e. The molecule has 0 unspecified atom stereocenters. The van der Waals surface area contributed by atoms with Crippen molar-refractivity contribution in [1.82, 2.24) is 4.90 Å². The molecular formula is C27H29N3O3. The molecule has 0 bridgehead atoms. The van der Waals surface area contributed by atoms with Crippen LogP contribution in [0.4, 0.5) is 11.4 Å². The number of benzene rings is 3. The molecule has 1 saturated heterocycles. The maximum Gasteiger partial charge on any atom is 0.253 e. The van der Waals surface area contributed by atoms with Gasteiger partial charge >= 0.3 is 0 Å². The molecule has 2 amide bonds. The third-order valence-electron chi connectivity index (χ3n) is 5.57. The van der Waals surface area contributed by atoms with Gasteiger partial charge in [-0.05, 0) is 55.2 Å². The van der Waals surface area contributed by atoms with Gasteiger partial charge in [0.05, 0.1) is 6.54 Å². The van der Waals surface area contributed by atoms with Gasteiger partial charge in [-0.1, -0.05) is 42.5 Å². The number of likely N-dealkylation sites (tertiary alicyclic amines) is 1. The number of anilines is 2. The first-order chi connectivity index (χ1) is 16.2. The summed E-state index contributed by atoms with van der Waals surface area (Å²) in [5.41, 5.74) is 3.11. The van der Waals surface area contributed by atoms with Crippen LogP contribution in [-0.2, 0) is 11.4 Å². The number of ether oxygens (including phenoxy) is 1. The van der Waals surface area contributed by atoms with Crippen molar-refractivity contribution in [3.8, 4) is 5.75 Å². The Bertz CT molecular complexity index is 1080. The molecule has 1 aliphatic rings. The highest BCUT2D eigenvalue weighted by Gasteiger charge is 2.18. The van der Waals surface area contributed by atoms with E-state index in [0.29, 0.717) is 17.9 Å². The zero-order valence-electron chi connectivity index (χ0n) is 18.6. The maximum atomic E-state index is 12.7. The van der Waals surface area contributed by atoms with Crippen molar-refractivity contribution < 1.29 is 14.3 Å². The lowest BCUT2D eigenvalue weighted by atomic mass is 10.1. The number of carbonyl (C=O) groups is 2. The van der Waals surface area contributed by atoms with Gasteiger partial charge in [-0.3, -0.25) is 9.59 Å². The first-order valence-electron chi connectivity index (χ1n) is 11.4. The van der Waals surface area contributed by atoms with Crippen LogP contribution >= 0.6 is 0 Å². The van der Waals surface area contributed by atoms with Crippen molar-refractivity contribution in [2.75, 3.05) is 30.3 Å². The fourth-order valence-electron chi connectivity index (χ4n) is 3.83. The molecule has 0 saturated carbocycles. The van der Waals surface area contributed by atoms with Gasteiger partial charge in [0, 0.05) is 36.1 Å². The van der Waals surface area contributed by atoms with E-state index in [1.54, 1.807) is 24.3 Å². The Kier molecular flexibility index (Phi) is 7.59. The number of carbonyl (C=O) groups excluding carboxylic acids is 2. The third kappa shape index (κ3) is 6.59. The molecule has 3 aromatic rings. The number of amides is 2. The van der Waals surface area contributed by atoms with Crippen LogP contribution in [0.15, 0.2) is 78.9 Å². The first-order valence-corrected chi connectivity index (χ1v) is 11.4. The Hall–Kier alpha value is -3.80. The summed E-state index contributed by atoms with van der Waals surface area (Å²) in [6.45, 7) is 2.19. The number of rotatable bonds is 8. The fourth-order valence-corrected chi connectivity index (χ4v) is 3.83. The lowest BCUT2D eigenvalue weighted by Gasteiger charge is -2.26. The Morgan fingerprint density at radius 3 is 2.39 bits per heavy atom. The number of nitrogens with zero attached hydrogens (tertiary/aromatic N) is 1. The second-order valence-electron chi connectivity index (χ2n) is 8.14. The van der Waals surface area contributed by atoms with Gasteiger partial charge < -0.3 is 20.3 Å². The molecule has 1 aliphatic heterocycles. The van der Waals surface area contributed by atoms with Crippen LogP contribution in [0.25, 0.3) is 0 Å². The molecule has 3 aromatic carbocycles. The van der Waals surface area contributed by atoms with E-state index in [9.17, 15) is 9.59 Å². The Balaban J connectivity index is 1.28. The van der Waals surface area contributed by atoms with Gasteiger partial charge in [-0.25, -0.2) is 0 Å². The molecule has 2 N–H and O–H groups in total. The van der Waals surface area contributed by atoms with Crippen LogP contribution in [0.2, 0.25) is 0 Å². The zero-order valence-corrected chi connectivity index (χ0v) is 18.6. The summed E-state index contributed by atoms with van der Waals surface area (Å²) in [5, 5.41) is 5.99. The van der Waals surface area contributed by atoms with Crippen molar-refractivity contribution in [2.45, 2.75) is 25.9 Å². The smallest absolute Gasteiger partial charge is 0.253 e. The predicted octanol–water partition coefficient (Wildman–Crippen LogP) is 4.94. The van der Waals surface area contributed by atoms with Crippen molar-refractivity contribution in [1.29, 1.82) is 0 Å². The standard InChI is InChI=1S/C27H29N3O3/c31-26(29-24-13-7-11-22(17-24)27(32)30-15-5-2-6-16-30)19-28-23-12-8-14-25(18-23)33-20-21-9-3-1-4-10-21/h1,3-4,7-14,17-18,28H,2,5-6,15-16,19-20H2,(H,29,31). The molecule has 0 aliphatic carbocycles. The minimum absolute atomic E-state index is 0.0243. The van der Waals surface area contributed by atoms with Crippen molar-refractivity contribution in [3.05, 3.63) is 90.0 Å². The van der Waals surface area contributed by atoms with E-state index >= 15 is 0 Å². The van der Waals surface area contributed by atoms with Gasteiger partial charge in [0.15, 0.2) is 0 Å². The van der Waals surface area contributed by atoms with Crippen molar-refractivity contribution in [3.63, 3.8) is 0 Å². The zero-order chi connectivity index (χ0) is 22.9. The second-order valence-corrected chi connectivity index (χ2v) is 8.14. The van der Waals surface area contributed by atoms with Crippen LogP contribution in [0.5, 0.6) is 5.75 Å². The van der Waals surface area contributed by atoms with Crippen LogP contribution < -0.4 is 15.4 Å². The van der Waals surface area contributed by atoms with E-state index in [4.69, 9.17) is 4.74 Å². The molecule has 0 radical (unpaired) electrons. The van der Waals surface area contributed by atoms with Crippen molar-refractivity contribution >= 4 is 23.2 Å². The summed E-state index contributed by atoms with van der Waals surface area (Å²) < 4.78 is 5.84. The summed E-state index contributed by atoms with van der Waals surface area (Å²) in [5.74, 6) is 0.567.